The summed E-state index contributed by atoms with van der Waals surface area (Å²) in [5, 5.41) is 0. The minimum atomic E-state index is -4.31. The van der Waals surface area contributed by atoms with Crippen LogP contribution in [0.5, 0.6) is 0 Å². The number of aromatic nitrogens is 1. The molecular weight excluding hydrogens is 303 g/mol. The molecule has 128 valence electrons. The molecule has 2 aliphatic rings. The second kappa shape index (κ2) is 7.07. The minimum Gasteiger partial charge on any atom is -0.357 e. The Hall–Kier alpha value is -1.30. The van der Waals surface area contributed by atoms with E-state index in [2.05, 4.69) is 14.8 Å². The van der Waals surface area contributed by atoms with Crippen molar-refractivity contribution in [3.8, 4) is 0 Å². The third-order valence-electron chi connectivity index (χ3n) is 5.07. The average molecular weight is 327 g/mol. The summed E-state index contributed by atoms with van der Waals surface area (Å²) in [5.74, 6) is 1.40. The molecule has 3 heterocycles. The van der Waals surface area contributed by atoms with Crippen molar-refractivity contribution < 1.29 is 13.2 Å². The SMILES string of the molecule is FC(F)(F)c1ccc(N2CCC(CCN3CCCC3)CC2)nc1. The van der Waals surface area contributed by atoms with E-state index in [4.69, 9.17) is 0 Å². The highest BCUT2D eigenvalue weighted by Crippen LogP contribution is 2.30. The first kappa shape index (κ1) is 16.6. The summed E-state index contributed by atoms with van der Waals surface area (Å²) >= 11 is 0. The Morgan fingerprint density at radius 2 is 1.74 bits per heavy atom. The Bertz CT molecular complexity index is 487. The molecule has 0 saturated carbocycles. The van der Waals surface area contributed by atoms with Crippen LogP contribution in [0.4, 0.5) is 19.0 Å². The number of anilines is 1. The number of pyridine rings is 1. The van der Waals surface area contributed by atoms with Gasteiger partial charge in [-0.3, -0.25) is 0 Å². The van der Waals surface area contributed by atoms with Crippen LogP contribution in [-0.4, -0.2) is 42.6 Å². The predicted molar refractivity (Wildman–Crippen MR) is 84.5 cm³/mol. The average Bonchev–Trinajstić information content (AvgIpc) is 3.06. The van der Waals surface area contributed by atoms with Crippen LogP contribution in [0.2, 0.25) is 0 Å². The molecule has 1 aromatic rings. The molecule has 0 atom stereocenters. The van der Waals surface area contributed by atoms with Crippen molar-refractivity contribution in [2.24, 2.45) is 5.92 Å². The number of nitrogens with zero attached hydrogens (tertiary/aromatic N) is 3. The molecule has 6 heteroatoms. The van der Waals surface area contributed by atoms with E-state index in [1.165, 1.54) is 45.0 Å². The number of alkyl halides is 3. The third kappa shape index (κ3) is 4.37. The Morgan fingerprint density at radius 1 is 1.04 bits per heavy atom. The van der Waals surface area contributed by atoms with E-state index in [-0.39, 0.29) is 0 Å². The van der Waals surface area contributed by atoms with Crippen molar-refractivity contribution in [3.63, 3.8) is 0 Å². The van der Waals surface area contributed by atoms with Gasteiger partial charge in [-0.15, -0.1) is 0 Å². The van der Waals surface area contributed by atoms with Gasteiger partial charge in [-0.2, -0.15) is 13.2 Å². The van der Waals surface area contributed by atoms with Gasteiger partial charge in [0.1, 0.15) is 5.82 Å². The Labute approximate surface area is 135 Å². The summed E-state index contributed by atoms with van der Waals surface area (Å²) in [6, 6.07) is 2.62. The normalized spacial score (nSPS) is 21.1. The third-order valence-corrected chi connectivity index (χ3v) is 5.07. The fraction of sp³-hybridized carbons (Fsp3) is 0.706. The fourth-order valence-electron chi connectivity index (χ4n) is 3.56. The van der Waals surface area contributed by atoms with Gasteiger partial charge in [0.15, 0.2) is 0 Å². The number of piperidine rings is 1. The van der Waals surface area contributed by atoms with Crippen molar-refractivity contribution in [2.75, 3.05) is 37.6 Å². The van der Waals surface area contributed by atoms with E-state index in [1.54, 1.807) is 0 Å². The molecule has 3 rings (SSSR count). The Morgan fingerprint density at radius 3 is 2.30 bits per heavy atom. The zero-order valence-corrected chi connectivity index (χ0v) is 13.4. The Kier molecular flexibility index (Phi) is 5.09. The van der Waals surface area contributed by atoms with Crippen LogP contribution >= 0.6 is 0 Å². The summed E-state index contributed by atoms with van der Waals surface area (Å²) < 4.78 is 37.7. The summed E-state index contributed by atoms with van der Waals surface area (Å²) in [7, 11) is 0. The van der Waals surface area contributed by atoms with Gasteiger partial charge in [-0.25, -0.2) is 4.98 Å². The number of hydrogen-bond acceptors (Lipinski definition) is 3. The smallest absolute Gasteiger partial charge is 0.357 e. The van der Waals surface area contributed by atoms with Gasteiger partial charge in [-0.1, -0.05) is 0 Å². The van der Waals surface area contributed by atoms with Gasteiger partial charge < -0.3 is 9.80 Å². The highest BCUT2D eigenvalue weighted by atomic mass is 19.4. The monoisotopic (exact) mass is 327 g/mol. The zero-order valence-electron chi connectivity index (χ0n) is 13.4. The van der Waals surface area contributed by atoms with Crippen molar-refractivity contribution >= 4 is 5.82 Å². The van der Waals surface area contributed by atoms with E-state index in [9.17, 15) is 13.2 Å². The van der Waals surface area contributed by atoms with Gasteiger partial charge >= 0.3 is 6.18 Å². The standard InChI is InChI=1S/C17H24F3N3/c18-17(19,20)15-3-4-16(21-13-15)23-11-6-14(7-12-23)5-10-22-8-1-2-9-22/h3-4,13-14H,1-2,5-12H2. The van der Waals surface area contributed by atoms with E-state index in [1.807, 2.05) is 0 Å². The number of hydrogen-bond donors (Lipinski definition) is 0. The van der Waals surface area contributed by atoms with Crippen LogP contribution < -0.4 is 4.90 Å². The van der Waals surface area contributed by atoms with Gasteiger partial charge in [0, 0.05) is 19.3 Å². The Balaban J connectivity index is 1.46. The van der Waals surface area contributed by atoms with Gasteiger partial charge in [-0.05, 0) is 69.8 Å². The lowest BCUT2D eigenvalue weighted by molar-refractivity contribution is -0.137. The van der Waals surface area contributed by atoms with E-state index in [0.29, 0.717) is 5.82 Å². The second-order valence-electron chi connectivity index (χ2n) is 6.67. The zero-order chi connectivity index (χ0) is 16.3. The largest absolute Gasteiger partial charge is 0.417 e. The molecule has 23 heavy (non-hydrogen) atoms. The lowest BCUT2D eigenvalue weighted by Gasteiger charge is -2.33. The van der Waals surface area contributed by atoms with Gasteiger partial charge in [0.2, 0.25) is 0 Å². The first-order valence-electron chi connectivity index (χ1n) is 8.53. The second-order valence-corrected chi connectivity index (χ2v) is 6.67. The van der Waals surface area contributed by atoms with Crippen LogP contribution in [-0.2, 0) is 6.18 Å². The molecule has 0 amide bonds. The highest BCUT2D eigenvalue weighted by molar-refractivity contribution is 5.40. The molecule has 0 unspecified atom stereocenters. The lowest BCUT2D eigenvalue weighted by Crippen LogP contribution is -2.35. The lowest BCUT2D eigenvalue weighted by atomic mass is 9.93. The first-order valence-corrected chi connectivity index (χ1v) is 8.53. The molecule has 2 fully saturated rings. The molecule has 0 aliphatic carbocycles. The molecular formula is C17H24F3N3. The van der Waals surface area contributed by atoms with E-state index >= 15 is 0 Å². The van der Waals surface area contributed by atoms with Crippen LogP contribution in [0.1, 0.15) is 37.7 Å². The molecule has 3 nitrogen and oxygen atoms in total. The predicted octanol–water partition coefficient (Wildman–Crippen LogP) is 3.80. The maximum absolute atomic E-state index is 12.6. The topological polar surface area (TPSA) is 19.4 Å². The molecule has 2 aliphatic heterocycles. The van der Waals surface area contributed by atoms with E-state index < -0.39 is 11.7 Å². The molecule has 0 bridgehead atoms. The number of rotatable bonds is 4. The molecule has 1 aromatic heterocycles. The highest BCUT2D eigenvalue weighted by Gasteiger charge is 2.31. The summed E-state index contributed by atoms with van der Waals surface area (Å²) in [4.78, 5) is 8.65. The van der Waals surface area contributed by atoms with Crippen molar-refractivity contribution in [1.82, 2.24) is 9.88 Å². The van der Waals surface area contributed by atoms with Crippen molar-refractivity contribution in [3.05, 3.63) is 23.9 Å². The maximum Gasteiger partial charge on any atom is 0.417 e. The molecule has 0 spiro atoms. The van der Waals surface area contributed by atoms with Crippen molar-refractivity contribution in [2.45, 2.75) is 38.3 Å². The van der Waals surface area contributed by atoms with Crippen LogP contribution in [0.25, 0.3) is 0 Å². The quantitative estimate of drug-likeness (QED) is 0.838. The first-order chi connectivity index (χ1) is 11.0. The number of halogens is 3. The molecule has 2 saturated heterocycles. The van der Waals surface area contributed by atoms with Crippen LogP contribution in [0.15, 0.2) is 18.3 Å². The van der Waals surface area contributed by atoms with E-state index in [0.717, 1.165) is 44.1 Å². The van der Waals surface area contributed by atoms with Crippen LogP contribution in [0.3, 0.4) is 0 Å². The molecule has 0 N–H and O–H groups in total. The van der Waals surface area contributed by atoms with Crippen molar-refractivity contribution in [1.29, 1.82) is 0 Å². The van der Waals surface area contributed by atoms with Crippen LogP contribution in [0, 0.1) is 5.92 Å². The van der Waals surface area contributed by atoms with Gasteiger partial charge in [0.25, 0.3) is 0 Å². The minimum absolute atomic E-state index is 0.663. The van der Waals surface area contributed by atoms with Gasteiger partial charge in [0.05, 0.1) is 5.56 Å². The summed E-state index contributed by atoms with van der Waals surface area (Å²) in [6.45, 7) is 5.47. The molecule has 0 radical (unpaired) electrons. The maximum atomic E-state index is 12.6. The fourth-order valence-corrected chi connectivity index (χ4v) is 3.56. The summed E-state index contributed by atoms with van der Waals surface area (Å²) in [5.41, 5.74) is -0.679. The number of likely N-dealkylation sites (tertiary alicyclic amines) is 1. The summed E-state index contributed by atoms with van der Waals surface area (Å²) in [6.07, 6.45) is 2.75. The molecule has 0 aromatic carbocycles.